The molecule has 0 aliphatic carbocycles. The Morgan fingerprint density at radius 3 is 2.09 bits per heavy atom. The summed E-state index contributed by atoms with van der Waals surface area (Å²) in [5.41, 5.74) is 2.81. The monoisotopic (exact) mass is 306 g/mol. The van der Waals surface area contributed by atoms with Gasteiger partial charge in [0.25, 0.3) is 0 Å². The number of anilines is 2. The van der Waals surface area contributed by atoms with E-state index in [1.165, 1.54) is 0 Å². The third kappa shape index (κ3) is 4.47. The second-order valence-corrected chi connectivity index (χ2v) is 5.07. The molecule has 23 heavy (non-hydrogen) atoms. The van der Waals surface area contributed by atoms with Crippen LogP contribution in [0, 0.1) is 6.92 Å². The number of aryl methyl sites for hydroxylation is 1. The Kier molecular flexibility index (Phi) is 4.73. The molecule has 3 rings (SSSR count). The van der Waals surface area contributed by atoms with Crippen LogP contribution in [0.2, 0.25) is 0 Å². The Balaban J connectivity index is 1.64. The molecule has 3 heterocycles. The van der Waals surface area contributed by atoms with E-state index in [1.807, 2.05) is 49.4 Å². The largest absolute Gasteiger partial charge is 0.364 e. The summed E-state index contributed by atoms with van der Waals surface area (Å²) in [5, 5.41) is 6.47. The molecule has 3 aromatic heterocycles. The van der Waals surface area contributed by atoms with Crippen molar-refractivity contribution < 1.29 is 0 Å². The van der Waals surface area contributed by atoms with Gasteiger partial charge in [-0.25, -0.2) is 4.98 Å². The fourth-order valence-corrected chi connectivity index (χ4v) is 2.09. The van der Waals surface area contributed by atoms with E-state index in [2.05, 4.69) is 30.6 Å². The minimum absolute atomic E-state index is 0.583. The minimum atomic E-state index is 0.583. The molecule has 0 bridgehead atoms. The Labute approximate surface area is 135 Å². The first-order valence-corrected chi connectivity index (χ1v) is 7.43. The van der Waals surface area contributed by atoms with Gasteiger partial charge in [-0.15, -0.1) is 0 Å². The molecule has 3 aromatic rings. The highest BCUT2D eigenvalue weighted by Crippen LogP contribution is 2.11. The molecule has 0 radical (unpaired) electrons. The summed E-state index contributed by atoms with van der Waals surface area (Å²) < 4.78 is 0. The second kappa shape index (κ2) is 7.31. The lowest BCUT2D eigenvalue weighted by Crippen LogP contribution is -2.09. The normalized spacial score (nSPS) is 10.3. The van der Waals surface area contributed by atoms with Gasteiger partial charge in [0.15, 0.2) is 0 Å². The second-order valence-electron chi connectivity index (χ2n) is 5.07. The molecule has 0 saturated heterocycles. The van der Waals surface area contributed by atoms with Crippen molar-refractivity contribution in [1.82, 2.24) is 19.9 Å². The van der Waals surface area contributed by atoms with E-state index >= 15 is 0 Å². The molecule has 0 unspecified atom stereocenters. The Bertz CT molecular complexity index is 684. The first kappa shape index (κ1) is 14.9. The lowest BCUT2D eigenvalue weighted by atomic mass is 10.3. The van der Waals surface area contributed by atoms with Crippen molar-refractivity contribution in [1.29, 1.82) is 0 Å². The van der Waals surface area contributed by atoms with E-state index in [4.69, 9.17) is 0 Å². The molecule has 0 aromatic carbocycles. The van der Waals surface area contributed by atoms with Gasteiger partial charge in [0.2, 0.25) is 5.95 Å². The minimum Gasteiger partial charge on any atom is -0.364 e. The highest BCUT2D eigenvalue weighted by Gasteiger charge is 2.03. The van der Waals surface area contributed by atoms with Gasteiger partial charge in [-0.05, 0) is 31.2 Å². The summed E-state index contributed by atoms with van der Waals surface area (Å²) in [7, 11) is 0. The van der Waals surface area contributed by atoms with Crippen molar-refractivity contribution in [2.75, 3.05) is 10.6 Å². The fraction of sp³-hybridized carbons (Fsp3) is 0.176. The summed E-state index contributed by atoms with van der Waals surface area (Å²) in [4.78, 5) is 17.4. The summed E-state index contributed by atoms with van der Waals surface area (Å²) in [6.45, 7) is 3.15. The van der Waals surface area contributed by atoms with Gasteiger partial charge in [-0.2, -0.15) is 4.98 Å². The first-order valence-electron chi connectivity index (χ1n) is 7.43. The molecule has 0 saturated carbocycles. The zero-order valence-corrected chi connectivity index (χ0v) is 12.9. The van der Waals surface area contributed by atoms with Crippen molar-refractivity contribution in [2.45, 2.75) is 20.0 Å². The van der Waals surface area contributed by atoms with Gasteiger partial charge < -0.3 is 10.6 Å². The summed E-state index contributed by atoms with van der Waals surface area (Å²) in [6, 6.07) is 13.6. The van der Waals surface area contributed by atoms with Crippen molar-refractivity contribution >= 4 is 11.8 Å². The maximum atomic E-state index is 4.47. The first-order chi connectivity index (χ1) is 11.3. The third-order valence-corrected chi connectivity index (χ3v) is 3.18. The number of hydrogen-bond acceptors (Lipinski definition) is 6. The van der Waals surface area contributed by atoms with Crippen LogP contribution in [0.15, 0.2) is 54.9 Å². The van der Waals surface area contributed by atoms with E-state index in [9.17, 15) is 0 Å². The van der Waals surface area contributed by atoms with Gasteiger partial charge in [0.1, 0.15) is 5.82 Å². The number of nitrogens with one attached hydrogen (secondary N) is 2. The molecule has 0 atom stereocenters. The Hall–Kier alpha value is -3.02. The number of aromatic nitrogens is 4. The van der Waals surface area contributed by atoms with Crippen molar-refractivity contribution in [2.24, 2.45) is 0 Å². The molecular weight excluding hydrogens is 288 g/mol. The Morgan fingerprint density at radius 2 is 1.48 bits per heavy atom. The van der Waals surface area contributed by atoms with Crippen molar-refractivity contribution in [3.8, 4) is 0 Å². The average Bonchev–Trinajstić information content (AvgIpc) is 2.60. The van der Waals surface area contributed by atoms with Gasteiger partial charge in [-0.1, -0.05) is 12.1 Å². The Morgan fingerprint density at radius 1 is 0.826 bits per heavy atom. The lowest BCUT2D eigenvalue weighted by Gasteiger charge is -2.09. The molecule has 6 heteroatoms. The molecular formula is C17H18N6. The van der Waals surface area contributed by atoms with Crippen LogP contribution < -0.4 is 10.6 Å². The van der Waals surface area contributed by atoms with Crippen LogP contribution in [0.5, 0.6) is 0 Å². The van der Waals surface area contributed by atoms with Crippen LogP contribution in [0.1, 0.15) is 17.1 Å². The van der Waals surface area contributed by atoms with Crippen molar-refractivity contribution in [3.63, 3.8) is 0 Å². The smallest absolute Gasteiger partial charge is 0.225 e. The van der Waals surface area contributed by atoms with Crippen molar-refractivity contribution in [3.05, 3.63) is 71.9 Å². The lowest BCUT2D eigenvalue weighted by molar-refractivity contribution is 0.974. The number of rotatable bonds is 6. The van der Waals surface area contributed by atoms with E-state index < -0.39 is 0 Å². The van der Waals surface area contributed by atoms with Crippen LogP contribution in [0.4, 0.5) is 11.8 Å². The molecule has 2 N–H and O–H groups in total. The number of hydrogen-bond donors (Lipinski definition) is 2. The standard InChI is InChI=1S/C17H18N6/c1-13-10-16(20-11-14-6-2-4-8-18-14)23-17(22-13)21-12-15-7-3-5-9-19-15/h2-10H,11-12H2,1H3,(H2,20,21,22,23). The molecule has 6 nitrogen and oxygen atoms in total. The molecule has 0 aliphatic rings. The third-order valence-electron chi connectivity index (χ3n) is 3.18. The predicted molar refractivity (Wildman–Crippen MR) is 89.9 cm³/mol. The number of nitrogens with zero attached hydrogens (tertiary/aromatic N) is 4. The van der Waals surface area contributed by atoms with E-state index in [0.717, 1.165) is 22.9 Å². The van der Waals surface area contributed by atoms with E-state index in [0.29, 0.717) is 19.0 Å². The predicted octanol–water partition coefficient (Wildman–Crippen LogP) is 2.80. The topological polar surface area (TPSA) is 75.6 Å². The average molecular weight is 306 g/mol. The van der Waals surface area contributed by atoms with Crippen LogP contribution in [0.3, 0.4) is 0 Å². The number of pyridine rings is 2. The van der Waals surface area contributed by atoms with E-state index in [-0.39, 0.29) is 0 Å². The van der Waals surface area contributed by atoms with Crippen LogP contribution >= 0.6 is 0 Å². The molecule has 0 spiro atoms. The zero-order valence-electron chi connectivity index (χ0n) is 12.9. The zero-order chi connectivity index (χ0) is 15.9. The fourth-order valence-electron chi connectivity index (χ4n) is 2.09. The maximum absolute atomic E-state index is 4.47. The van der Waals surface area contributed by atoms with Gasteiger partial charge in [0.05, 0.1) is 24.5 Å². The highest BCUT2D eigenvalue weighted by atomic mass is 15.1. The maximum Gasteiger partial charge on any atom is 0.225 e. The van der Waals surface area contributed by atoms with Crippen LogP contribution in [-0.2, 0) is 13.1 Å². The highest BCUT2D eigenvalue weighted by molar-refractivity contribution is 5.42. The van der Waals surface area contributed by atoms with Gasteiger partial charge in [0, 0.05) is 24.2 Å². The summed E-state index contributed by atoms with van der Waals surface area (Å²) in [6.07, 6.45) is 3.55. The van der Waals surface area contributed by atoms with Gasteiger partial charge in [-0.3, -0.25) is 9.97 Å². The SMILES string of the molecule is Cc1cc(NCc2ccccn2)nc(NCc2ccccn2)n1. The molecule has 0 amide bonds. The molecule has 116 valence electrons. The molecule has 0 aliphatic heterocycles. The van der Waals surface area contributed by atoms with E-state index in [1.54, 1.807) is 12.4 Å². The molecule has 0 fully saturated rings. The quantitative estimate of drug-likeness (QED) is 0.729. The van der Waals surface area contributed by atoms with Crippen LogP contribution in [0.25, 0.3) is 0 Å². The summed E-state index contributed by atoms with van der Waals surface area (Å²) >= 11 is 0. The summed E-state index contributed by atoms with van der Waals surface area (Å²) in [5.74, 6) is 1.35. The van der Waals surface area contributed by atoms with Crippen LogP contribution in [-0.4, -0.2) is 19.9 Å². The van der Waals surface area contributed by atoms with Gasteiger partial charge >= 0.3 is 0 Å².